The number of hydrogen-bond donors (Lipinski definition) is 1. The van der Waals surface area contributed by atoms with Gasteiger partial charge in [0.15, 0.2) is 5.82 Å². The van der Waals surface area contributed by atoms with Gasteiger partial charge < -0.3 is 10.1 Å². The van der Waals surface area contributed by atoms with Gasteiger partial charge in [-0.25, -0.2) is 14.6 Å². The van der Waals surface area contributed by atoms with E-state index in [-0.39, 0.29) is 5.91 Å². The Bertz CT molecular complexity index is 1100. The smallest absolute Gasteiger partial charge is 0.255 e. The molecule has 1 N–H and O–H groups in total. The topological polar surface area (TPSA) is 81.9 Å². The van der Waals surface area contributed by atoms with Gasteiger partial charge in [0, 0.05) is 33.3 Å². The third kappa shape index (κ3) is 4.34. The minimum absolute atomic E-state index is 0.160. The minimum Gasteiger partial charge on any atom is -0.439 e. The number of halogens is 1. The van der Waals surface area contributed by atoms with E-state index in [9.17, 15) is 4.79 Å². The van der Waals surface area contributed by atoms with E-state index in [4.69, 9.17) is 4.74 Å². The van der Waals surface area contributed by atoms with Crippen molar-refractivity contribution in [3.05, 3.63) is 88.5 Å². The number of amides is 1. The molecule has 0 aliphatic heterocycles. The van der Waals surface area contributed by atoms with E-state index < -0.39 is 0 Å². The summed E-state index contributed by atoms with van der Waals surface area (Å²) >= 11 is 2.18. The summed E-state index contributed by atoms with van der Waals surface area (Å²) in [4.78, 5) is 20.6. The van der Waals surface area contributed by atoms with E-state index in [1.165, 1.54) is 6.33 Å². The zero-order chi connectivity index (χ0) is 19.3. The molecule has 2 aromatic heterocycles. The largest absolute Gasteiger partial charge is 0.439 e. The Hall–Kier alpha value is -3.27. The molecule has 138 valence electrons. The number of carbonyl (C=O) groups excluding carboxylic acids is 1. The van der Waals surface area contributed by atoms with Gasteiger partial charge in [-0.2, -0.15) is 5.10 Å². The van der Waals surface area contributed by atoms with Crippen LogP contribution in [0.3, 0.4) is 0 Å². The standard InChI is InChI=1S/C20H14IN5O2/c21-15-4-1-3-14(11-15)20(27)25-16-5-7-17(8-6-16)28-19-12-18(22-13-23-19)26-10-2-9-24-26/h1-13H,(H,25,27). The van der Waals surface area contributed by atoms with Gasteiger partial charge >= 0.3 is 0 Å². The molecule has 1 amide bonds. The summed E-state index contributed by atoms with van der Waals surface area (Å²) in [5, 5.41) is 7.00. The molecule has 2 heterocycles. The molecule has 0 bridgehead atoms. The van der Waals surface area contributed by atoms with Gasteiger partial charge in [0.25, 0.3) is 5.91 Å². The average Bonchev–Trinajstić information content (AvgIpc) is 3.25. The molecule has 0 spiro atoms. The fourth-order valence-corrected chi connectivity index (χ4v) is 3.02. The number of carbonyl (C=O) groups is 1. The maximum Gasteiger partial charge on any atom is 0.255 e. The summed E-state index contributed by atoms with van der Waals surface area (Å²) in [7, 11) is 0. The molecule has 0 saturated carbocycles. The van der Waals surface area contributed by atoms with Crippen molar-refractivity contribution in [2.24, 2.45) is 0 Å². The first-order chi connectivity index (χ1) is 13.7. The van der Waals surface area contributed by atoms with Gasteiger partial charge in [-0.1, -0.05) is 6.07 Å². The quantitative estimate of drug-likeness (QED) is 0.428. The first-order valence-corrected chi connectivity index (χ1v) is 9.42. The third-order valence-electron chi connectivity index (χ3n) is 3.79. The molecule has 0 unspecified atom stereocenters. The van der Waals surface area contributed by atoms with Crippen LogP contribution in [0.4, 0.5) is 5.69 Å². The van der Waals surface area contributed by atoms with Crippen molar-refractivity contribution in [2.75, 3.05) is 5.32 Å². The van der Waals surface area contributed by atoms with Crippen molar-refractivity contribution in [1.82, 2.24) is 19.7 Å². The third-order valence-corrected chi connectivity index (χ3v) is 4.46. The monoisotopic (exact) mass is 483 g/mol. The molecule has 0 atom stereocenters. The lowest BCUT2D eigenvalue weighted by molar-refractivity contribution is 0.102. The van der Waals surface area contributed by atoms with Gasteiger partial charge in [-0.3, -0.25) is 4.79 Å². The molecule has 4 rings (SSSR count). The van der Waals surface area contributed by atoms with E-state index in [0.717, 1.165) is 3.57 Å². The molecule has 0 radical (unpaired) electrons. The van der Waals surface area contributed by atoms with Gasteiger partial charge in [-0.05, 0) is 71.1 Å². The number of hydrogen-bond acceptors (Lipinski definition) is 5. The molecule has 0 fully saturated rings. The van der Waals surface area contributed by atoms with E-state index in [2.05, 4.69) is 43.0 Å². The number of ether oxygens (including phenoxy) is 1. The number of nitrogens with zero attached hydrogens (tertiary/aromatic N) is 4. The molecule has 2 aromatic carbocycles. The van der Waals surface area contributed by atoms with E-state index in [1.54, 1.807) is 53.5 Å². The van der Waals surface area contributed by atoms with Gasteiger partial charge in [0.05, 0.1) is 0 Å². The highest BCUT2D eigenvalue weighted by molar-refractivity contribution is 14.1. The van der Waals surface area contributed by atoms with Crippen molar-refractivity contribution >= 4 is 34.2 Å². The van der Waals surface area contributed by atoms with Crippen molar-refractivity contribution in [3.63, 3.8) is 0 Å². The van der Waals surface area contributed by atoms with E-state index >= 15 is 0 Å². The SMILES string of the molecule is O=C(Nc1ccc(Oc2cc(-n3cccn3)ncn2)cc1)c1cccc(I)c1. The Kier molecular flexibility index (Phi) is 5.29. The highest BCUT2D eigenvalue weighted by Crippen LogP contribution is 2.22. The molecule has 0 aliphatic carbocycles. The number of nitrogens with one attached hydrogen (secondary N) is 1. The number of rotatable bonds is 5. The second kappa shape index (κ2) is 8.17. The molecule has 7 nitrogen and oxygen atoms in total. The summed E-state index contributed by atoms with van der Waals surface area (Å²) in [6.45, 7) is 0. The molecule has 8 heteroatoms. The van der Waals surface area contributed by atoms with Crippen molar-refractivity contribution in [1.29, 1.82) is 0 Å². The Morgan fingerprint density at radius 1 is 1.04 bits per heavy atom. The molecular weight excluding hydrogens is 469 g/mol. The lowest BCUT2D eigenvalue weighted by Crippen LogP contribution is -2.11. The highest BCUT2D eigenvalue weighted by atomic mass is 127. The average molecular weight is 483 g/mol. The van der Waals surface area contributed by atoms with Crippen LogP contribution < -0.4 is 10.1 Å². The van der Waals surface area contributed by atoms with E-state index in [1.807, 2.05) is 24.3 Å². The Labute approximate surface area is 174 Å². The number of anilines is 1. The molecule has 0 saturated heterocycles. The van der Waals surface area contributed by atoms with Crippen molar-refractivity contribution < 1.29 is 9.53 Å². The summed E-state index contributed by atoms with van der Waals surface area (Å²) in [5.74, 6) is 1.44. The molecule has 28 heavy (non-hydrogen) atoms. The van der Waals surface area contributed by atoms with Gasteiger partial charge in [0.2, 0.25) is 5.88 Å². The molecule has 4 aromatic rings. The normalized spacial score (nSPS) is 10.5. The summed E-state index contributed by atoms with van der Waals surface area (Å²) < 4.78 is 8.40. The Morgan fingerprint density at radius 3 is 2.64 bits per heavy atom. The fourth-order valence-electron chi connectivity index (χ4n) is 2.48. The fraction of sp³-hybridized carbons (Fsp3) is 0. The summed E-state index contributed by atoms with van der Waals surface area (Å²) in [6.07, 6.45) is 4.88. The number of benzene rings is 2. The van der Waals surface area contributed by atoms with Crippen LogP contribution >= 0.6 is 22.6 Å². The van der Waals surface area contributed by atoms with Crippen LogP contribution in [-0.4, -0.2) is 25.7 Å². The van der Waals surface area contributed by atoms with Crippen LogP contribution in [0.5, 0.6) is 11.6 Å². The second-order valence-electron chi connectivity index (χ2n) is 5.76. The van der Waals surface area contributed by atoms with Crippen LogP contribution in [-0.2, 0) is 0 Å². The predicted molar refractivity (Wildman–Crippen MR) is 113 cm³/mol. The first-order valence-electron chi connectivity index (χ1n) is 8.34. The van der Waals surface area contributed by atoms with Gasteiger partial charge in [0.1, 0.15) is 12.1 Å². The van der Waals surface area contributed by atoms with Crippen LogP contribution in [0.1, 0.15) is 10.4 Å². The zero-order valence-electron chi connectivity index (χ0n) is 14.5. The molecule has 0 aliphatic rings. The maximum atomic E-state index is 12.3. The summed E-state index contributed by atoms with van der Waals surface area (Å²) in [6, 6.07) is 18.0. The maximum absolute atomic E-state index is 12.3. The minimum atomic E-state index is -0.160. The number of aromatic nitrogens is 4. The van der Waals surface area contributed by atoms with Crippen LogP contribution in [0.15, 0.2) is 79.4 Å². The molecular formula is C20H14IN5O2. The van der Waals surface area contributed by atoms with Crippen LogP contribution in [0.2, 0.25) is 0 Å². The van der Waals surface area contributed by atoms with Crippen LogP contribution in [0.25, 0.3) is 5.82 Å². The zero-order valence-corrected chi connectivity index (χ0v) is 16.6. The second-order valence-corrected chi connectivity index (χ2v) is 7.00. The first kappa shape index (κ1) is 18.1. The lowest BCUT2D eigenvalue weighted by atomic mass is 10.2. The van der Waals surface area contributed by atoms with Crippen molar-refractivity contribution in [3.8, 4) is 17.4 Å². The highest BCUT2D eigenvalue weighted by Gasteiger charge is 2.07. The van der Waals surface area contributed by atoms with Gasteiger partial charge in [-0.15, -0.1) is 0 Å². The van der Waals surface area contributed by atoms with Crippen molar-refractivity contribution in [2.45, 2.75) is 0 Å². The Morgan fingerprint density at radius 2 is 1.89 bits per heavy atom. The van der Waals surface area contributed by atoms with Crippen LogP contribution in [0, 0.1) is 3.57 Å². The Balaban J connectivity index is 1.44. The predicted octanol–water partition coefficient (Wildman–Crippen LogP) is 4.31. The van der Waals surface area contributed by atoms with E-state index in [0.29, 0.717) is 28.7 Å². The summed E-state index contributed by atoms with van der Waals surface area (Å²) in [5.41, 5.74) is 1.29. The lowest BCUT2D eigenvalue weighted by Gasteiger charge is -2.08.